The highest BCUT2D eigenvalue weighted by molar-refractivity contribution is 6.33. The molecular formula is C22H24ClN3O6. The van der Waals surface area contributed by atoms with E-state index in [4.69, 9.17) is 25.8 Å². The maximum atomic E-state index is 12.0. The molecule has 2 amide bonds. The zero-order valence-electron chi connectivity index (χ0n) is 17.7. The van der Waals surface area contributed by atoms with Gasteiger partial charge in [0, 0.05) is 12.8 Å². The van der Waals surface area contributed by atoms with Gasteiger partial charge >= 0.3 is 5.97 Å². The molecule has 0 atom stereocenters. The Labute approximate surface area is 190 Å². The lowest BCUT2D eigenvalue weighted by Gasteiger charge is -2.10. The summed E-state index contributed by atoms with van der Waals surface area (Å²) in [7, 11) is 1.46. The van der Waals surface area contributed by atoms with Gasteiger partial charge in [-0.15, -0.1) is 0 Å². The number of hydrazone groups is 1. The highest BCUT2D eigenvalue weighted by Crippen LogP contribution is 2.27. The normalized spacial score (nSPS) is 10.5. The lowest BCUT2D eigenvalue weighted by Crippen LogP contribution is -2.20. The van der Waals surface area contributed by atoms with E-state index in [-0.39, 0.29) is 32.0 Å². The maximum absolute atomic E-state index is 12.0. The van der Waals surface area contributed by atoms with Crippen LogP contribution in [-0.2, 0) is 19.1 Å². The van der Waals surface area contributed by atoms with E-state index < -0.39 is 11.9 Å². The number of carbonyl (C=O) groups excluding carboxylic acids is 3. The van der Waals surface area contributed by atoms with Crippen molar-refractivity contribution < 1.29 is 28.6 Å². The van der Waals surface area contributed by atoms with Crippen LogP contribution in [0.3, 0.4) is 0 Å². The molecule has 2 aromatic carbocycles. The number of nitrogens with one attached hydrogen (secondary N) is 2. The molecule has 10 heteroatoms. The number of nitrogens with zero attached hydrogens (tertiary/aromatic N) is 1. The van der Waals surface area contributed by atoms with Crippen LogP contribution < -0.4 is 20.2 Å². The number of anilines is 1. The van der Waals surface area contributed by atoms with Crippen molar-refractivity contribution >= 4 is 41.3 Å². The second-order valence-corrected chi connectivity index (χ2v) is 6.73. The van der Waals surface area contributed by atoms with Crippen molar-refractivity contribution in [2.75, 3.05) is 25.6 Å². The van der Waals surface area contributed by atoms with Gasteiger partial charge in [0.1, 0.15) is 0 Å². The zero-order chi connectivity index (χ0) is 23.3. The topological polar surface area (TPSA) is 115 Å². The standard InChI is InChI=1S/C22H24ClN3O6/c1-3-31-22(29)14-32-18-9-8-15(12-19(18)30-2)13-24-26-21(28)11-10-20(27)25-17-7-5-4-6-16(17)23/h4-9,12-13H,3,10-11,14H2,1-2H3,(H,25,27)(H,26,28). The summed E-state index contributed by atoms with van der Waals surface area (Å²) in [5.41, 5.74) is 3.47. The number of para-hydroxylation sites is 1. The van der Waals surface area contributed by atoms with E-state index in [1.807, 2.05) is 0 Å². The molecule has 0 saturated carbocycles. The minimum atomic E-state index is -0.483. The summed E-state index contributed by atoms with van der Waals surface area (Å²) >= 11 is 5.98. The van der Waals surface area contributed by atoms with Crippen LogP contribution in [0.4, 0.5) is 5.69 Å². The largest absolute Gasteiger partial charge is 0.493 e. The summed E-state index contributed by atoms with van der Waals surface area (Å²) in [6.45, 7) is 1.74. The van der Waals surface area contributed by atoms with E-state index in [1.54, 1.807) is 49.4 Å². The molecule has 0 fully saturated rings. The van der Waals surface area contributed by atoms with Gasteiger partial charge in [-0.3, -0.25) is 9.59 Å². The van der Waals surface area contributed by atoms with Crippen molar-refractivity contribution in [2.45, 2.75) is 19.8 Å². The SMILES string of the molecule is CCOC(=O)COc1ccc(C=NNC(=O)CCC(=O)Nc2ccccc2Cl)cc1OC. The Bertz CT molecular complexity index is 980. The lowest BCUT2D eigenvalue weighted by atomic mass is 10.2. The number of esters is 1. The van der Waals surface area contributed by atoms with Crippen molar-refractivity contribution in [1.82, 2.24) is 5.43 Å². The van der Waals surface area contributed by atoms with Gasteiger partial charge in [0.25, 0.3) is 0 Å². The fourth-order valence-corrected chi connectivity index (χ4v) is 2.64. The van der Waals surface area contributed by atoms with Crippen molar-refractivity contribution in [1.29, 1.82) is 0 Å². The fraction of sp³-hybridized carbons (Fsp3) is 0.273. The molecule has 0 radical (unpaired) electrons. The molecule has 0 bridgehead atoms. The molecule has 0 heterocycles. The van der Waals surface area contributed by atoms with Crippen molar-refractivity contribution in [3.8, 4) is 11.5 Å². The number of rotatable bonds is 11. The first-order valence-corrected chi connectivity index (χ1v) is 10.1. The van der Waals surface area contributed by atoms with E-state index in [1.165, 1.54) is 13.3 Å². The molecule has 0 aliphatic heterocycles. The van der Waals surface area contributed by atoms with E-state index in [9.17, 15) is 14.4 Å². The average Bonchev–Trinajstić information content (AvgIpc) is 2.78. The molecule has 32 heavy (non-hydrogen) atoms. The molecule has 0 aliphatic rings. The summed E-state index contributed by atoms with van der Waals surface area (Å²) < 4.78 is 15.4. The van der Waals surface area contributed by atoms with Crippen LogP contribution in [0.1, 0.15) is 25.3 Å². The van der Waals surface area contributed by atoms with Gasteiger partial charge in [0.2, 0.25) is 11.8 Å². The van der Waals surface area contributed by atoms with E-state index in [0.717, 1.165) is 0 Å². The van der Waals surface area contributed by atoms with Crippen LogP contribution >= 0.6 is 11.6 Å². The molecule has 0 aromatic heterocycles. The van der Waals surface area contributed by atoms with Crippen LogP contribution in [-0.4, -0.2) is 44.3 Å². The summed E-state index contributed by atoms with van der Waals surface area (Å²) in [6, 6.07) is 11.8. The third-order valence-corrected chi connectivity index (χ3v) is 4.30. The number of ether oxygens (including phenoxy) is 3. The number of carbonyl (C=O) groups is 3. The van der Waals surface area contributed by atoms with E-state index in [0.29, 0.717) is 27.8 Å². The number of amides is 2. The van der Waals surface area contributed by atoms with Crippen LogP contribution in [0.2, 0.25) is 5.02 Å². The smallest absolute Gasteiger partial charge is 0.344 e. The number of halogens is 1. The summed E-state index contributed by atoms with van der Waals surface area (Å²) in [4.78, 5) is 35.3. The Kier molecular flexibility index (Phi) is 9.99. The Balaban J connectivity index is 1.81. The molecule has 170 valence electrons. The van der Waals surface area contributed by atoms with Gasteiger partial charge in [-0.05, 0) is 42.8 Å². The van der Waals surface area contributed by atoms with Crippen LogP contribution in [0.5, 0.6) is 11.5 Å². The van der Waals surface area contributed by atoms with Gasteiger partial charge in [0.05, 0.1) is 30.6 Å². The van der Waals surface area contributed by atoms with Gasteiger partial charge in [-0.1, -0.05) is 23.7 Å². The third kappa shape index (κ3) is 8.27. The van der Waals surface area contributed by atoms with E-state index >= 15 is 0 Å². The second kappa shape index (κ2) is 13.0. The number of hydrogen-bond acceptors (Lipinski definition) is 7. The van der Waals surface area contributed by atoms with Crippen molar-refractivity contribution in [3.63, 3.8) is 0 Å². The van der Waals surface area contributed by atoms with Gasteiger partial charge in [0.15, 0.2) is 18.1 Å². The Hall–Kier alpha value is -3.59. The first-order chi connectivity index (χ1) is 15.4. The molecule has 2 aromatic rings. The average molecular weight is 462 g/mol. The molecule has 2 rings (SSSR count). The Morgan fingerprint density at radius 2 is 1.81 bits per heavy atom. The summed E-state index contributed by atoms with van der Waals surface area (Å²) in [6.07, 6.45) is 1.35. The van der Waals surface area contributed by atoms with Crippen LogP contribution in [0.15, 0.2) is 47.6 Å². The minimum absolute atomic E-state index is 0.0209. The summed E-state index contributed by atoms with van der Waals surface area (Å²) in [5.74, 6) is -0.479. The quantitative estimate of drug-likeness (QED) is 0.302. The monoisotopic (exact) mass is 461 g/mol. The molecule has 0 spiro atoms. The fourth-order valence-electron chi connectivity index (χ4n) is 2.46. The van der Waals surface area contributed by atoms with Crippen molar-refractivity contribution in [3.05, 3.63) is 53.1 Å². The van der Waals surface area contributed by atoms with E-state index in [2.05, 4.69) is 15.8 Å². The molecule has 0 saturated heterocycles. The maximum Gasteiger partial charge on any atom is 0.344 e. The molecule has 0 unspecified atom stereocenters. The molecule has 2 N–H and O–H groups in total. The first-order valence-electron chi connectivity index (χ1n) is 9.75. The second-order valence-electron chi connectivity index (χ2n) is 6.33. The Morgan fingerprint density at radius 1 is 1.06 bits per heavy atom. The first kappa shape index (κ1) is 24.7. The minimum Gasteiger partial charge on any atom is -0.493 e. The van der Waals surface area contributed by atoms with Crippen LogP contribution in [0.25, 0.3) is 0 Å². The third-order valence-electron chi connectivity index (χ3n) is 3.97. The molecule has 9 nitrogen and oxygen atoms in total. The molecular weight excluding hydrogens is 438 g/mol. The van der Waals surface area contributed by atoms with Crippen molar-refractivity contribution in [2.24, 2.45) is 5.10 Å². The number of benzene rings is 2. The molecule has 0 aliphatic carbocycles. The summed E-state index contributed by atoms with van der Waals surface area (Å²) in [5, 5.41) is 6.94. The predicted octanol–water partition coefficient (Wildman–Crippen LogP) is 3.16. The predicted molar refractivity (Wildman–Crippen MR) is 120 cm³/mol. The highest BCUT2D eigenvalue weighted by Gasteiger charge is 2.10. The van der Waals surface area contributed by atoms with Gasteiger partial charge in [-0.2, -0.15) is 5.10 Å². The number of methoxy groups -OCH3 is 1. The zero-order valence-corrected chi connectivity index (χ0v) is 18.5. The van der Waals surface area contributed by atoms with Gasteiger partial charge < -0.3 is 19.5 Å². The lowest BCUT2D eigenvalue weighted by molar-refractivity contribution is -0.145. The Morgan fingerprint density at radius 3 is 2.53 bits per heavy atom. The van der Waals surface area contributed by atoms with Gasteiger partial charge in [-0.25, -0.2) is 10.2 Å². The number of hydrogen-bond donors (Lipinski definition) is 2. The highest BCUT2D eigenvalue weighted by atomic mass is 35.5. The van der Waals surface area contributed by atoms with Crippen LogP contribution in [0, 0.1) is 0 Å².